The van der Waals surface area contributed by atoms with Crippen LogP contribution in [0.4, 0.5) is 4.39 Å². The van der Waals surface area contributed by atoms with Gasteiger partial charge in [0.25, 0.3) is 5.91 Å². The van der Waals surface area contributed by atoms with Gasteiger partial charge in [-0.25, -0.2) is 4.39 Å². The fourth-order valence-electron chi connectivity index (χ4n) is 3.88. The van der Waals surface area contributed by atoms with Crippen LogP contribution in [0, 0.1) is 11.7 Å². The summed E-state index contributed by atoms with van der Waals surface area (Å²) in [6.45, 7) is 1.97. The van der Waals surface area contributed by atoms with Crippen LogP contribution in [-0.4, -0.2) is 38.7 Å². The Kier molecular flexibility index (Phi) is 7.75. The molecule has 1 aliphatic carbocycles. The second-order valence-corrected chi connectivity index (χ2v) is 7.71. The minimum atomic E-state index is -0.695. The Labute approximate surface area is 191 Å². The fraction of sp³-hybridized carbons (Fsp3) is 0.333. The minimum absolute atomic E-state index is 0.0338. The van der Waals surface area contributed by atoms with Gasteiger partial charge >= 0.3 is 5.97 Å². The number of rotatable bonds is 8. The Morgan fingerprint density at radius 2 is 1.97 bits per heavy atom. The van der Waals surface area contributed by atoms with Crippen molar-refractivity contribution in [1.82, 2.24) is 5.32 Å². The molecule has 170 valence electrons. The molecule has 3 atom stereocenters. The zero-order valence-electron chi connectivity index (χ0n) is 18.1. The van der Waals surface area contributed by atoms with Gasteiger partial charge in [0.1, 0.15) is 17.3 Å². The van der Waals surface area contributed by atoms with Gasteiger partial charge in [-0.2, -0.15) is 0 Å². The number of allylic oxidation sites excluding steroid dienone is 1. The van der Waals surface area contributed by atoms with Crippen LogP contribution in [0.1, 0.15) is 35.2 Å². The van der Waals surface area contributed by atoms with E-state index in [1.807, 2.05) is 6.08 Å². The Bertz CT molecular complexity index is 1010. The summed E-state index contributed by atoms with van der Waals surface area (Å²) in [6, 6.07) is 8.90. The molecule has 0 saturated heterocycles. The average Bonchev–Trinajstić information content (AvgIpc) is 3.21. The van der Waals surface area contributed by atoms with Crippen LogP contribution in [-0.2, 0) is 9.53 Å². The molecule has 0 unspecified atom stereocenters. The first-order valence-corrected chi connectivity index (χ1v) is 10.6. The van der Waals surface area contributed by atoms with E-state index in [9.17, 15) is 14.0 Å². The molecule has 0 aliphatic heterocycles. The largest absolute Gasteiger partial charge is 0.497 e. The third kappa shape index (κ3) is 5.05. The van der Waals surface area contributed by atoms with E-state index in [1.165, 1.54) is 25.3 Å². The molecule has 32 heavy (non-hydrogen) atoms. The zero-order valence-corrected chi connectivity index (χ0v) is 18.8. The maximum absolute atomic E-state index is 14.1. The van der Waals surface area contributed by atoms with Gasteiger partial charge in [0.2, 0.25) is 0 Å². The Morgan fingerprint density at radius 3 is 2.62 bits per heavy atom. The number of methoxy groups -OCH3 is 2. The quantitative estimate of drug-likeness (QED) is 0.462. The lowest BCUT2D eigenvalue weighted by molar-refractivity contribution is -0.146. The number of halogens is 2. The van der Waals surface area contributed by atoms with Gasteiger partial charge in [0.15, 0.2) is 0 Å². The van der Waals surface area contributed by atoms with E-state index in [0.29, 0.717) is 23.5 Å². The van der Waals surface area contributed by atoms with Crippen molar-refractivity contribution in [1.29, 1.82) is 0 Å². The molecule has 0 fully saturated rings. The van der Waals surface area contributed by atoms with Crippen LogP contribution in [0.5, 0.6) is 11.5 Å². The van der Waals surface area contributed by atoms with Crippen molar-refractivity contribution in [3.8, 4) is 11.5 Å². The summed E-state index contributed by atoms with van der Waals surface area (Å²) in [7, 11) is 3.07. The normalized spacial score (nSPS) is 18.2. The molecular weight excluding hydrogens is 437 g/mol. The standard InChI is InChI=1S/C24H25ClFNO5/c1-4-32-24(29)21(17-13-16(30-2)10-11-20(17)31-3)14-8-9-15(12-14)27-23(28)22-18(25)6-5-7-19(22)26/h5-11,13-15,21H,4,12H2,1-3H3,(H,27,28)/t14-,15-,21+/m1/s1. The van der Waals surface area contributed by atoms with E-state index < -0.39 is 29.7 Å². The molecule has 0 radical (unpaired) electrons. The predicted octanol–water partition coefficient (Wildman–Crippen LogP) is 4.52. The van der Waals surface area contributed by atoms with Gasteiger partial charge in [0.05, 0.1) is 37.3 Å². The van der Waals surface area contributed by atoms with Gasteiger partial charge < -0.3 is 19.5 Å². The molecule has 0 spiro atoms. The van der Waals surface area contributed by atoms with Crippen molar-refractivity contribution in [2.75, 3.05) is 20.8 Å². The van der Waals surface area contributed by atoms with E-state index in [4.69, 9.17) is 25.8 Å². The molecule has 1 amide bonds. The van der Waals surface area contributed by atoms with E-state index in [1.54, 1.807) is 38.3 Å². The summed E-state index contributed by atoms with van der Waals surface area (Å²) in [5.41, 5.74) is 0.423. The average molecular weight is 462 g/mol. The lowest BCUT2D eigenvalue weighted by atomic mass is 9.84. The first-order valence-electron chi connectivity index (χ1n) is 10.2. The molecule has 2 aromatic rings. The molecular formula is C24H25ClFNO5. The van der Waals surface area contributed by atoms with Crippen molar-refractivity contribution in [3.05, 3.63) is 70.5 Å². The second-order valence-electron chi connectivity index (χ2n) is 7.30. The van der Waals surface area contributed by atoms with Crippen LogP contribution in [0.15, 0.2) is 48.6 Å². The van der Waals surface area contributed by atoms with Gasteiger partial charge in [-0.3, -0.25) is 9.59 Å². The highest BCUT2D eigenvalue weighted by Gasteiger charge is 2.36. The molecule has 6 nitrogen and oxygen atoms in total. The van der Waals surface area contributed by atoms with Crippen molar-refractivity contribution >= 4 is 23.5 Å². The molecule has 2 aromatic carbocycles. The highest BCUT2D eigenvalue weighted by atomic mass is 35.5. The number of hydrogen-bond donors (Lipinski definition) is 1. The first kappa shape index (κ1) is 23.6. The molecule has 0 aromatic heterocycles. The van der Waals surface area contributed by atoms with Crippen LogP contribution in [0.25, 0.3) is 0 Å². The third-order valence-corrected chi connectivity index (χ3v) is 5.68. The number of amides is 1. The van der Waals surface area contributed by atoms with E-state index in [2.05, 4.69) is 5.32 Å². The number of esters is 1. The number of hydrogen-bond acceptors (Lipinski definition) is 5. The molecule has 8 heteroatoms. The maximum atomic E-state index is 14.1. The van der Waals surface area contributed by atoms with Gasteiger partial charge in [-0.1, -0.05) is 29.8 Å². The summed E-state index contributed by atoms with van der Waals surface area (Å²) in [5.74, 6) is -1.56. The molecule has 0 bridgehead atoms. The summed E-state index contributed by atoms with van der Waals surface area (Å²) in [5, 5.41) is 2.81. The molecule has 1 aliphatic rings. The topological polar surface area (TPSA) is 73.9 Å². The van der Waals surface area contributed by atoms with Crippen LogP contribution >= 0.6 is 11.6 Å². The Morgan fingerprint density at radius 1 is 1.19 bits per heavy atom. The van der Waals surface area contributed by atoms with Crippen LogP contribution < -0.4 is 14.8 Å². The number of carbonyl (C=O) groups is 2. The number of carbonyl (C=O) groups excluding carboxylic acids is 2. The monoisotopic (exact) mass is 461 g/mol. The van der Waals surface area contributed by atoms with E-state index >= 15 is 0 Å². The predicted molar refractivity (Wildman–Crippen MR) is 119 cm³/mol. The lowest BCUT2D eigenvalue weighted by Gasteiger charge is -2.24. The number of nitrogens with one attached hydrogen (secondary N) is 1. The Balaban J connectivity index is 1.84. The van der Waals surface area contributed by atoms with Crippen molar-refractivity contribution in [2.24, 2.45) is 5.92 Å². The third-order valence-electron chi connectivity index (χ3n) is 5.36. The second kappa shape index (κ2) is 10.5. The summed E-state index contributed by atoms with van der Waals surface area (Å²) in [4.78, 5) is 25.5. The molecule has 1 N–H and O–H groups in total. The Hall–Kier alpha value is -3.06. The van der Waals surface area contributed by atoms with Crippen LogP contribution in [0.3, 0.4) is 0 Å². The molecule has 3 rings (SSSR count). The van der Waals surface area contributed by atoms with Crippen molar-refractivity contribution in [3.63, 3.8) is 0 Å². The van der Waals surface area contributed by atoms with Crippen molar-refractivity contribution in [2.45, 2.75) is 25.3 Å². The van der Waals surface area contributed by atoms with Gasteiger partial charge in [-0.05, 0) is 49.6 Å². The zero-order chi connectivity index (χ0) is 23.3. The van der Waals surface area contributed by atoms with Gasteiger partial charge in [0, 0.05) is 11.6 Å². The smallest absolute Gasteiger partial charge is 0.314 e. The molecule has 0 heterocycles. The maximum Gasteiger partial charge on any atom is 0.314 e. The minimum Gasteiger partial charge on any atom is -0.497 e. The highest BCUT2D eigenvalue weighted by Crippen LogP contribution is 2.40. The van der Waals surface area contributed by atoms with E-state index in [-0.39, 0.29) is 23.1 Å². The summed E-state index contributed by atoms with van der Waals surface area (Å²) >= 11 is 6.00. The number of ether oxygens (including phenoxy) is 3. The summed E-state index contributed by atoms with van der Waals surface area (Å²) in [6.07, 6.45) is 4.06. The van der Waals surface area contributed by atoms with Crippen molar-refractivity contribution < 1.29 is 28.2 Å². The first-order chi connectivity index (χ1) is 15.4. The SMILES string of the molecule is CCOC(=O)[C@H](c1cc(OC)ccc1OC)[C@@H]1C=C[C@@H](NC(=O)c2c(F)cccc2Cl)C1. The highest BCUT2D eigenvalue weighted by molar-refractivity contribution is 6.33. The molecule has 0 saturated carbocycles. The summed E-state index contributed by atoms with van der Waals surface area (Å²) < 4.78 is 30.2. The fourth-order valence-corrected chi connectivity index (χ4v) is 4.13. The lowest BCUT2D eigenvalue weighted by Crippen LogP contribution is -2.34. The van der Waals surface area contributed by atoms with E-state index in [0.717, 1.165) is 0 Å². The number of benzene rings is 2. The van der Waals surface area contributed by atoms with Crippen LogP contribution in [0.2, 0.25) is 5.02 Å². The van der Waals surface area contributed by atoms with Gasteiger partial charge in [-0.15, -0.1) is 0 Å².